The van der Waals surface area contributed by atoms with Crippen LogP contribution in [0.4, 0.5) is 17.5 Å². The van der Waals surface area contributed by atoms with Gasteiger partial charge >= 0.3 is 0 Å². The molecule has 1 saturated heterocycles. The second kappa shape index (κ2) is 9.19. The average Bonchev–Trinajstić information content (AvgIpc) is 3.13. The number of fused-ring (bicyclic) bond motifs is 1. The molecule has 1 fully saturated rings. The molecule has 154 valence electrons. The van der Waals surface area contributed by atoms with Crippen molar-refractivity contribution in [2.45, 2.75) is 26.8 Å². The summed E-state index contributed by atoms with van der Waals surface area (Å²) in [6, 6.07) is 10.1. The summed E-state index contributed by atoms with van der Waals surface area (Å²) in [5, 5.41) is 11.7. The Bertz CT molecular complexity index is 935. The van der Waals surface area contributed by atoms with E-state index in [1.807, 2.05) is 41.9 Å². The number of aryl methyl sites for hydroxylation is 1. The molecule has 2 N–H and O–H groups in total. The maximum atomic E-state index is 5.57. The minimum Gasteiger partial charge on any atom is -0.380 e. The number of aromatic nitrogens is 4. The molecule has 1 aliphatic heterocycles. The van der Waals surface area contributed by atoms with Crippen LogP contribution in [0.25, 0.3) is 11.0 Å². The van der Waals surface area contributed by atoms with Gasteiger partial charge in [-0.15, -0.1) is 0 Å². The van der Waals surface area contributed by atoms with Crippen molar-refractivity contribution >= 4 is 28.5 Å². The maximum absolute atomic E-state index is 5.57. The summed E-state index contributed by atoms with van der Waals surface area (Å²) < 4.78 is 7.55. The second-order valence-corrected chi connectivity index (χ2v) is 7.02. The van der Waals surface area contributed by atoms with Crippen LogP contribution in [0.15, 0.2) is 30.3 Å². The smallest absolute Gasteiger partial charge is 0.228 e. The largest absolute Gasteiger partial charge is 0.380 e. The first kappa shape index (κ1) is 19.6. The molecule has 3 aromatic rings. The number of nitrogens with zero attached hydrogens (tertiary/aromatic N) is 5. The van der Waals surface area contributed by atoms with Crippen molar-refractivity contribution in [3.63, 3.8) is 0 Å². The fourth-order valence-electron chi connectivity index (χ4n) is 3.58. The molecular weight excluding hydrogens is 366 g/mol. The molecule has 0 atom stereocenters. The fraction of sp³-hybridized carbons (Fsp3) is 0.476. The van der Waals surface area contributed by atoms with Gasteiger partial charge in [0.05, 0.1) is 18.8 Å². The molecule has 0 spiro atoms. The predicted molar refractivity (Wildman–Crippen MR) is 116 cm³/mol. The summed E-state index contributed by atoms with van der Waals surface area (Å²) in [6.45, 7) is 9.78. The van der Waals surface area contributed by atoms with Crippen LogP contribution in [0.1, 0.15) is 19.5 Å². The predicted octanol–water partition coefficient (Wildman–Crippen LogP) is 2.58. The van der Waals surface area contributed by atoms with Gasteiger partial charge < -0.3 is 20.3 Å². The Morgan fingerprint density at radius 2 is 1.90 bits per heavy atom. The number of piperazine rings is 1. The highest BCUT2D eigenvalue weighted by molar-refractivity contribution is 5.90. The summed E-state index contributed by atoms with van der Waals surface area (Å²) in [4.78, 5) is 12.1. The SMILES string of the molecule is CCOCCn1nc(CC)c2nc(N3CCNCC3)nc(Nc3ccccc3)c21. The van der Waals surface area contributed by atoms with Gasteiger partial charge in [0, 0.05) is 38.5 Å². The number of anilines is 3. The van der Waals surface area contributed by atoms with Crippen LogP contribution in [-0.2, 0) is 17.7 Å². The quantitative estimate of drug-likeness (QED) is 0.568. The van der Waals surface area contributed by atoms with Crippen molar-refractivity contribution in [3.05, 3.63) is 36.0 Å². The summed E-state index contributed by atoms with van der Waals surface area (Å²) in [5.41, 5.74) is 3.84. The number of hydrogen-bond acceptors (Lipinski definition) is 7. The van der Waals surface area contributed by atoms with Crippen molar-refractivity contribution in [2.24, 2.45) is 0 Å². The van der Waals surface area contributed by atoms with Crippen LogP contribution in [0.3, 0.4) is 0 Å². The molecule has 4 rings (SSSR count). The van der Waals surface area contributed by atoms with Crippen LogP contribution < -0.4 is 15.5 Å². The van der Waals surface area contributed by atoms with E-state index in [4.69, 9.17) is 19.8 Å². The molecule has 3 heterocycles. The van der Waals surface area contributed by atoms with Crippen LogP contribution in [0.2, 0.25) is 0 Å². The lowest BCUT2D eigenvalue weighted by molar-refractivity contribution is 0.137. The van der Waals surface area contributed by atoms with E-state index >= 15 is 0 Å². The number of para-hydroxylation sites is 1. The molecule has 2 aromatic heterocycles. The van der Waals surface area contributed by atoms with E-state index in [1.54, 1.807) is 0 Å². The zero-order chi connectivity index (χ0) is 20.1. The molecule has 8 heteroatoms. The Labute approximate surface area is 171 Å². The lowest BCUT2D eigenvalue weighted by Crippen LogP contribution is -2.44. The first-order valence-corrected chi connectivity index (χ1v) is 10.4. The Hall–Kier alpha value is -2.71. The molecule has 1 aromatic carbocycles. The molecule has 0 radical (unpaired) electrons. The number of hydrogen-bond donors (Lipinski definition) is 2. The molecule has 0 unspecified atom stereocenters. The minimum absolute atomic E-state index is 0.612. The molecular formula is C21H29N7O. The van der Waals surface area contributed by atoms with E-state index in [2.05, 4.69) is 22.5 Å². The highest BCUT2D eigenvalue weighted by atomic mass is 16.5. The van der Waals surface area contributed by atoms with E-state index < -0.39 is 0 Å². The standard InChI is InChI=1S/C21H29N7O/c1-3-17-18-19(28(26-17)14-15-29-4-2)20(23-16-8-6-5-7-9-16)25-21(24-18)27-12-10-22-11-13-27/h5-9,22H,3-4,10-15H2,1-2H3,(H,23,24,25). The number of benzene rings is 1. The Balaban J connectivity index is 1.80. The number of ether oxygens (including phenoxy) is 1. The first-order valence-electron chi connectivity index (χ1n) is 10.4. The highest BCUT2D eigenvalue weighted by Crippen LogP contribution is 2.29. The molecule has 0 saturated carbocycles. The maximum Gasteiger partial charge on any atom is 0.228 e. The van der Waals surface area contributed by atoms with Gasteiger partial charge in [0.1, 0.15) is 11.0 Å². The Morgan fingerprint density at radius 3 is 2.62 bits per heavy atom. The van der Waals surface area contributed by atoms with Gasteiger partial charge in [0.25, 0.3) is 0 Å². The van der Waals surface area contributed by atoms with Crippen molar-refractivity contribution < 1.29 is 4.74 Å². The zero-order valence-electron chi connectivity index (χ0n) is 17.2. The highest BCUT2D eigenvalue weighted by Gasteiger charge is 2.21. The summed E-state index contributed by atoms with van der Waals surface area (Å²) >= 11 is 0. The average molecular weight is 396 g/mol. The zero-order valence-corrected chi connectivity index (χ0v) is 17.2. The lowest BCUT2D eigenvalue weighted by Gasteiger charge is -2.27. The Kier molecular flexibility index (Phi) is 6.21. The minimum atomic E-state index is 0.612. The van der Waals surface area contributed by atoms with Gasteiger partial charge in [0.2, 0.25) is 5.95 Å². The van der Waals surface area contributed by atoms with Crippen molar-refractivity contribution in [1.82, 2.24) is 25.1 Å². The topological polar surface area (TPSA) is 80.1 Å². The fourth-order valence-corrected chi connectivity index (χ4v) is 3.58. The van der Waals surface area contributed by atoms with Gasteiger partial charge in [-0.3, -0.25) is 4.68 Å². The van der Waals surface area contributed by atoms with Gasteiger partial charge in [-0.25, -0.2) is 4.98 Å². The number of rotatable bonds is 8. The van der Waals surface area contributed by atoms with E-state index in [9.17, 15) is 0 Å². The van der Waals surface area contributed by atoms with Gasteiger partial charge in [0.15, 0.2) is 5.82 Å². The van der Waals surface area contributed by atoms with Crippen LogP contribution in [0, 0.1) is 0 Å². The third-order valence-corrected chi connectivity index (χ3v) is 5.07. The summed E-state index contributed by atoms with van der Waals surface area (Å²) in [6.07, 6.45) is 0.820. The van der Waals surface area contributed by atoms with E-state index in [0.717, 1.165) is 66.8 Å². The molecule has 29 heavy (non-hydrogen) atoms. The molecule has 0 aliphatic carbocycles. The monoisotopic (exact) mass is 395 g/mol. The van der Waals surface area contributed by atoms with Gasteiger partial charge in [-0.1, -0.05) is 25.1 Å². The molecule has 0 amide bonds. The third kappa shape index (κ3) is 4.33. The van der Waals surface area contributed by atoms with Crippen LogP contribution in [-0.4, -0.2) is 59.1 Å². The lowest BCUT2D eigenvalue weighted by atomic mass is 10.2. The molecule has 8 nitrogen and oxygen atoms in total. The summed E-state index contributed by atoms with van der Waals surface area (Å²) in [7, 11) is 0. The van der Waals surface area contributed by atoms with Crippen LogP contribution in [0.5, 0.6) is 0 Å². The number of nitrogens with one attached hydrogen (secondary N) is 2. The molecule has 1 aliphatic rings. The van der Waals surface area contributed by atoms with Crippen molar-refractivity contribution in [1.29, 1.82) is 0 Å². The first-order chi connectivity index (χ1) is 14.3. The van der Waals surface area contributed by atoms with Crippen LogP contribution >= 0.6 is 0 Å². The van der Waals surface area contributed by atoms with Gasteiger partial charge in [-0.2, -0.15) is 10.1 Å². The van der Waals surface area contributed by atoms with E-state index in [1.165, 1.54) is 0 Å². The van der Waals surface area contributed by atoms with Gasteiger partial charge in [-0.05, 0) is 25.5 Å². The van der Waals surface area contributed by atoms with E-state index in [-0.39, 0.29) is 0 Å². The van der Waals surface area contributed by atoms with Crippen molar-refractivity contribution in [3.8, 4) is 0 Å². The normalized spacial score (nSPS) is 14.5. The van der Waals surface area contributed by atoms with E-state index in [0.29, 0.717) is 19.8 Å². The summed E-state index contributed by atoms with van der Waals surface area (Å²) in [5.74, 6) is 1.55. The Morgan fingerprint density at radius 1 is 1.10 bits per heavy atom. The molecule has 0 bridgehead atoms. The van der Waals surface area contributed by atoms with Crippen molar-refractivity contribution in [2.75, 3.05) is 49.6 Å². The second-order valence-electron chi connectivity index (χ2n) is 7.02. The third-order valence-electron chi connectivity index (χ3n) is 5.07.